The maximum absolute atomic E-state index is 13.5. The van der Waals surface area contributed by atoms with E-state index >= 15 is 0 Å². The van der Waals surface area contributed by atoms with Crippen molar-refractivity contribution in [1.29, 1.82) is 0 Å². The number of hydrogen-bond acceptors (Lipinski definition) is 4. The number of carbonyl (C=O) groups excluding carboxylic acids is 1. The molecule has 1 atom stereocenters. The number of benzene rings is 2. The minimum absolute atomic E-state index is 0.0776. The summed E-state index contributed by atoms with van der Waals surface area (Å²) in [6.45, 7) is 0. The summed E-state index contributed by atoms with van der Waals surface area (Å²) in [6, 6.07) is 12.0. The van der Waals surface area contributed by atoms with Gasteiger partial charge in [0.1, 0.15) is 5.75 Å². The van der Waals surface area contributed by atoms with Crippen LogP contribution in [0.1, 0.15) is 27.6 Å². The molecule has 0 aliphatic carbocycles. The SMILES string of the molecule is COc1cccc(C2CC=C(C(=O)c3ccc(F)c(OC)c3)S2)c1. The molecule has 0 aromatic heterocycles. The zero-order valence-corrected chi connectivity index (χ0v) is 14.2. The number of carbonyl (C=O) groups is 1. The molecule has 0 amide bonds. The monoisotopic (exact) mass is 344 g/mol. The molecule has 2 aromatic rings. The Kier molecular flexibility index (Phi) is 4.90. The Morgan fingerprint density at radius 2 is 2.00 bits per heavy atom. The molecule has 24 heavy (non-hydrogen) atoms. The van der Waals surface area contributed by atoms with E-state index in [0.717, 1.165) is 17.7 Å². The molecule has 0 spiro atoms. The summed E-state index contributed by atoms with van der Waals surface area (Å²) < 4.78 is 23.7. The van der Waals surface area contributed by atoms with Gasteiger partial charge in [0.15, 0.2) is 17.3 Å². The fourth-order valence-corrected chi connectivity index (χ4v) is 3.80. The van der Waals surface area contributed by atoms with Gasteiger partial charge in [0.05, 0.1) is 19.1 Å². The molecule has 1 unspecified atom stereocenters. The highest BCUT2D eigenvalue weighted by Crippen LogP contribution is 2.45. The third kappa shape index (κ3) is 3.31. The quantitative estimate of drug-likeness (QED) is 0.731. The lowest BCUT2D eigenvalue weighted by Crippen LogP contribution is -2.01. The Morgan fingerprint density at radius 1 is 1.17 bits per heavy atom. The van der Waals surface area contributed by atoms with Crippen LogP contribution >= 0.6 is 11.8 Å². The number of rotatable bonds is 5. The fraction of sp³-hybridized carbons (Fsp3) is 0.211. The zero-order valence-electron chi connectivity index (χ0n) is 13.4. The van der Waals surface area contributed by atoms with Crippen LogP contribution in [-0.4, -0.2) is 20.0 Å². The summed E-state index contributed by atoms with van der Waals surface area (Å²) in [5.41, 5.74) is 1.55. The molecule has 3 nitrogen and oxygen atoms in total. The Morgan fingerprint density at radius 3 is 2.75 bits per heavy atom. The predicted molar refractivity (Wildman–Crippen MR) is 93.3 cm³/mol. The Bertz CT molecular complexity index is 801. The Balaban J connectivity index is 1.76. The van der Waals surface area contributed by atoms with Gasteiger partial charge in [0, 0.05) is 10.8 Å². The highest BCUT2D eigenvalue weighted by atomic mass is 32.2. The first-order valence-corrected chi connectivity index (χ1v) is 8.39. The van der Waals surface area contributed by atoms with E-state index < -0.39 is 5.82 Å². The lowest BCUT2D eigenvalue weighted by Gasteiger charge is -2.12. The predicted octanol–water partition coefficient (Wildman–Crippen LogP) is 4.79. The first-order valence-electron chi connectivity index (χ1n) is 7.51. The average Bonchev–Trinajstić information content (AvgIpc) is 3.11. The van der Waals surface area contributed by atoms with Crippen molar-refractivity contribution < 1.29 is 18.7 Å². The number of ketones is 1. The molecule has 0 saturated carbocycles. The van der Waals surface area contributed by atoms with Gasteiger partial charge in [-0.15, -0.1) is 11.8 Å². The topological polar surface area (TPSA) is 35.5 Å². The first kappa shape index (κ1) is 16.6. The molecule has 0 fully saturated rings. The third-order valence-corrected chi connectivity index (χ3v) is 5.24. The lowest BCUT2D eigenvalue weighted by molar-refractivity contribution is 0.104. The molecule has 0 saturated heterocycles. The molecule has 0 N–H and O–H groups in total. The van der Waals surface area contributed by atoms with Crippen molar-refractivity contribution >= 4 is 17.5 Å². The third-order valence-electron chi connectivity index (χ3n) is 3.89. The maximum atomic E-state index is 13.5. The van der Waals surface area contributed by atoms with E-state index in [-0.39, 0.29) is 16.8 Å². The second kappa shape index (κ2) is 7.09. The van der Waals surface area contributed by atoms with Crippen LogP contribution in [0.5, 0.6) is 11.5 Å². The largest absolute Gasteiger partial charge is 0.497 e. The molecule has 0 bridgehead atoms. The number of halogens is 1. The number of ether oxygens (including phenoxy) is 2. The first-order chi connectivity index (χ1) is 11.6. The van der Waals surface area contributed by atoms with Crippen LogP contribution in [0, 0.1) is 5.82 Å². The number of thioether (sulfide) groups is 1. The van der Waals surface area contributed by atoms with Gasteiger partial charge in [-0.2, -0.15) is 0 Å². The highest BCUT2D eigenvalue weighted by Gasteiger charge is 2.25. The van der Waals surface area contributed by atoms with Gasteiger partial charge in [0.2, 0.25) is 0 Å². The molecule has 1 aliphatic heterocycles. The van der Waals surface area contributed by atoms with Crippen LogP contribution in [0.3, 0.4) is 0 Å². The van der Waals surface area contributed by atoms with Crippen molar-refractivity contribution in [3.8, 4) is 11.5 Å². The van der Waals surface area contributed by atoms with E-state index in [0.29, 0.717) is 10.5 Å². The van der Waals surface area contributed by atoms with Gasteiger partial charge in [-0.1, -0.05) is 18.2 Å². The van der Waals surface area contributed by atoms with Crippen LogP contribution < -0.4 is 9.47 Å². The van der Waals surface area contributed by atoms with Crippen LogP contribution in [-0.2, 0) is 0 Å². The van der Waals surface area contributed by atoms with Crippen molar-refractivity contribution in [2.75, 3.05) is 14.2 Å². The molecule has 5 heteroatoms. The second-order valence-corrected chi connectivity index (χ2v) is 6.61. The number of allylic oxidation sites excluding steroid dienone is 2. The molecule has 124 valence electrons. The van der Waals surface area contributed by atoms with E-state index in [1.54, 1.807) is 7.11 Å². The summed E-state index contributed by atoms with van der Waals surface area (Å²) >= 11 is 1.52. The van der Waals surface area contributed by atoms with Crippen molar-refractivity contribution in [3.05, 3.63) is 70.4 Å². The Labute approximate surface area is 144 Å². The van der Waals surface area contributed by atoms with Crippen molar-refractivity contribution in [2.24, 2.45) is 0 Å². The fourth-order valence-electron chi connectivity index (χ4n) is 2.60. The van der Waals surface area contributed by atoms with Gasteiger partial charge in [-0.05, 0) is 42.3 Å². The van der Waals surface area contributed by atoms with Gasteiger partial charge >= 0.3 is 0 Å². The van der Waals surface area contributed by atoms with Gasteiger partial charge in [0.25, 0.3) is 0 Å². The number of Topliss-reactive ketones (excluding diaryl/α,β-unsaturated/α-hetero) is 1. The highest BCUT2D eigenvalue weighted by molar-refractivity contribution is 8.04. The molecule has 1 aliphatic rings. The standard InChI is InChI=1S/C19H17FO3S/c1-22-14-5-3-4-12(10-14)17-8-9-18(24-17)19(21)13-6-7-15(20)16(11-13)23-2/h3-7,9-11,17H,8H2,1-2H3. The molecule has 2 aromatic carbocycles. The summed E-state index contributed by atoms with van der Waals surface area (Å²) in [7, 11) is 3.02. The second-order valence-electron chi connectivity index (χ2n) is 5.37. The normalized spacial score (nSPS) is 16.6. The van der Waals surface area contributed by atoms with E-state index in [2.05, 4.69) is 0 Å². The zero-order chi connectivity index (χ0) is 17.1. The molecule has 0 radical (unpaired) electrons. The van der Waals surface area contributed by atoms with Crippen LogP contribution in [0.2, 0.25) is 0 Å². The van der Waals surface area contributed by atoms with Crippen LogP contribution in [0.25, 0.3) is 0 Å². The molecular weight excluding hydrogens is 327 g/mol. The van der Waals surface area contributed by atoms with Crippen LogP contribution in [0.15, 0.2) is 53.4 Å². The number of hydrogen-bond donors (Lipinski definition) is 0. The van der Waals surface area contributed by atoms with Gasteiger partial charge < -0.3 is 9.47 Å². The van der Waals surface area contributed by atoms with Crippen molar-refractivity contribution in [2.45, 2.75) is 11.7 Å². The van der Waals surface area contributed by atoms with Gasteiger partial charge in [-0.3, -0.25) is 4.79 Å². The van der Waals surface area contributed by atoms with E-state index in [1.165, 1.54) is 37.1 Å². The van der Waals surface area contributed by atoms with E-state index in [9.17, 15) is 9.18 Å². The Hall–Kier alpha value is -2.27. The smallest absolute Gasteiger partial charge is 0.199 e. The molecular formula is C19H17FO3S. The van der Waals surface area contributed by atoms with Crippen LogP contribution in [0.4, 0.5) is 4.39 Å². The lowest BCUT2D eigenvalue weighted by atomic mass is 10.1. The molecule has 1 heterocycles. The average molecular weight is 344 g/mol. The van der Waals surface area contributed by atoms with Crippen molar-refractivity contribution in [1.82, 2.24) is 0 Å². The molecule has 3 rings (SSSR count). The maximum Gasteiger partial charge on any atom is 0.199 e. The minimum atomic E-state index is -0.476. The van der Waals surface area contributed by atoms with Crippen molar-refractivity contribution in [3.63, 3.8) is 0 Å². The summed E-state index contributed by atoms with van der Waals surface area (Å²) in [6.07, 6.45) is 2.71. The number of methoxy groups -OCH3 is 2. The van der Waals surface area contributed by atoms with E-state index in [4.69, 9.17) is 9.47 Å². The van der Waals surface area contributed by atoms with E-state index in [1.807, 2.05) is 30.3 Å². The van der Waals surface area contributed by atoms with Gasteiger partial charge in [-0.25, -0.2) is 4.39 Å². The summed E-state index contributed by atoms with van der Waals surface area (Å²) in [5.74, 6) is 0.296. The summed E-state index contributed by atoms with van der Waals surface area (Å²) in [4.78, 5) is 13.3. The summed E-state index contributed by atoms with van der Waals surface area (Å²) in [5, 5.41) is 0.182. The minimum Gasteiger partial charge on any atom is -0.497 e.